The Morgan fingerprint density at radius 3 is 2.65 bits per heavy atom. The molecule has 3 aromatic rings. The topological polar surface area (TPSA) is 59.0 Å². The molecular formula is C20H21ClN4O. The van der Waals surface area contributed by atoms with Gasteiger partial charge in [0.1, 0.15) is 5.82 Å². The Hall–Kier alpha value is -2.63. The zero-order valence-corrected chi connectivity index (χ0v) is 15.5. The summed E-state index contributed by atoms with van der Waals surface area (Å²) in [7, 11) is 0. The number of aryl methyl sites for hydroxylation is 1. The van der Waals surface area contributed by atoms with Crippen LogP contribution in [0.2, 0.25) is 5.02 Å². The smallest absolute Gasteiger partial charge is 0.239 e. The molecule has 0 aliphatic rings. The first-order valence-electron chi connectivity index (χ1n) is 8.44. The van der Waals surface area contributed by atoms with Crippen LogP contribution in [-0.2, 0) is 4.79 Å². The Labute approximate surface area is 158 Å². The van der Waals surface area contributed by atoms with Crippen molar-refractivity contribution in [1.82, 2.24) is 15.1 Å². The lowest BCUT2D eigenvalue weighted by Crippen LogP contribution is -2.30. The highest BCUT2D eigenvalue weighted by Gasteiger charge is 2.12. The van der Waals surface area contributed by atoms with Gasteiger partial charge >= 0.3 is 0 Å². The first-order valence-corrected chi connectivity index (χ1v) is 8.81. The molecule has 0 bridgehead atoms. The molecule has 0 aliphatic heterocycles. The molecule has 134 valence electrons. The second-order valence-corrected chi connectivity index (χ2v) is 6.56. The van der Waals surface area contributed by atoms with Crippen LogP contribution < -0.4 is 10.6 Å². The SMILES string of the molecule is Cc1cc(NC(=O)CN[C@@H](C)c2cccc(Cl)c2)n(-c2ccccc2)n1. The molecular weight excluding hydrogens is 348 g/mol. The number of carbonyl (C=O) groups excluding carboxylic acids is 1. The number of amides is 1. The molecule has 1 aromatic heterocycles. The Kier molecular flexibility index (Phi) is 5.71. The molecule has 0 saturated carbocycles. The summed E-state index contributed by atoms with van der Waals surface area (Å²) in [4.78, 5) is 12.4. The molecule has 6 heteroatoms. The number of carbonyl (C=O) groups is 1. The Bertz CT molecular complexity index is 892. The maximum Gasteiger partial charge on any atom is 0.239 e. The van der Waals surface area contributed by atoms with Crippen LogP contribution in [0.4, 0.5) is 5.82 Å². The van der Waals surface area contributed by atoms with Crippen molar-refractivity contribution in [2.24, 2.45) is 0 Å². The zero-order valence-electron chi connectivity index (χ0n) is 14.7. The molecule has 0 saturated heterocycles. The van der Waals surface area contributed by atoms with Crippen molar-refractivity contribution in [1.29, 1.82) is 0 Å². The van der Waals surface area contributed by atoms with Crippen LogP contribution in [0, 0.1) is 6.92 Å². The number of halogens is 1. The summed E-state index contributed by atoms with van der Waals surface area (Å²) in [6.07, 6.45) is 0. The van der Waals surface area contributed by atoms with Crippen molar-refractivity contribution in [3.05, 3.63) is 76.9 Å². The van der Waals surface area contributed by atoms with Crippen LogP contribution in [0.3, 0.4) is 0 Å². The van der Waals surface area contributed by atoms with Crippen molar-refractivity contribution in [3.63, 3.8) is 0 Å². The van der Waals surface area contributed by atoms with Gasteiger partial charge in [0.15, 0.2) is 0 Å². The van der Waals surface area contributed by atoms with Crippen LogP contribution in [0.25, 0.3) is 5.69 Å². The van der Waals surface area contributed by atoms with Crippen LogP contribution in [-0.4, -0.2) is 22.2 Å². The highest BCUT2D eigenvalue weighted by molar-refractivity contribution is 6.30. The average Bonchev–Trinajstić information content (AvgIpc) is 3.00. The fourth-order valence-electron chi connectivity index (χ4n) is 2.68. The predicted molar refractivity (Wildman–Crippen MR) is 105 cm³/mol. The van der Waals surface area contributed by atoms with E-state index >= 15 is 0 Å². The lowest BCUT2D eigenvalue weighted by Gasteiger charge is -2.15. The molecule has 5 nitrogen and oxygen atoms in total. The number of nitrogens with zero attached hydrogens (tertiary/aromatic N) is 2. The number of aromatic nitrogens is 2. The number of hydrogen-bond donors (Lipinski definition) is 2. The van der Waals surface area contributed by atoms with Crippen LogP contribution in [0.1, 0.15) is 24.2 Å². The first kappa shape index (κ1) is 18.2. The van der Waals surface area contributed by atoms with E-state index in [4.69, 9.17) is 11.6 Å². The lowest BCUT2D eigenvalue weighted by molar-refractivity contribution is -0.115. The zero-order chi connectivity index (χ0) is 18.5. The van der Waals surface area contributed by atoms with Crippen LogP contribution in [0.15, 0.2) is 60.7 Å². The molecule has 0 spiro atoms. The first-order chi connectivity index (χ1) is 12.5. The van der Waals surface area contributed by atoms with Gasteiger partial charge in [-0.25, -0.2) is 4.68 Å². The number of hydrogen-bond acceptors (Lipinski definition) is 3. The van der Waals surface area contributed by atoms with Crippen molar-refractivity contribution >= 4 is 23.3 Å². The second-order valence-electron chi connectivity index (χ2n) is 6.12. The van der Waals surface area contributed by atoms with Gasteiger partial charge in [0.25, 0.3) is 0 Å². The van der Waals surface area contributed by atoms with Crippen molar-refractivity contribution in [2.45, 2.75) is 19.9 Å². The number of para-hydroxylation sites is 1. The summed E-state index contributed by atoms with van der Waals surface area (Å²) in [5.41, 5.74) is 2.77. The number of nitrogens with one attached hydrogen (secondary N) is 2. The van der Waals surface area contributed by atoms with Crippen molar-refractivity contribution < 1.29 is 4.79 Å². The van der Waals surface area contributed by atoms with Gasteiger partial charge < -0.3 is 10.6 Å². The van der Waals surface area contributed by atoms with E-state index in [1.807, 2.05) is 74.5 Å². The van der Waals surface area contributed by atoms with Gasteiger partial charge in [-0.3, -0.25) is 4.79 Å². The Morgan fingerprint density at radius 1 is 1.15 bits per heavy atom. The Balaban J connectivity index is 1.64. The van der Waals surface area contributed by atoms with Crippen molar-refractivity contribution in [3.8, 4) is 5.69 Å². The molecule has 3 rings (SSSR count). The maximum atomic E-state index is 12.4. The van der Waals surface area contributed by atoms with Gasteiger partial charge in [0, 0.05) is 17.1 Å². The van der Waals surface area contributed by atoms with Gasteiger partial charge in [-0.2, -0.15) is 5.10 Å². The van der Waals surface area contributed by atoms with Crippen LogP contribution in [0.5, 0.6) is 0 Å². The molecule has 0 fully saturated rings. The van der Waals surface area contributed by atoms with Gasteiger partial charge in [0.2, 0.25) is 5.91 Å². The highest BCUT2D eigenvalue weighted by Crippen LogP contribution is 2.18. The van der Waals surface area contributed by atoms with E-state index in [0.717, 1.165) is 16.9 Å². The predicted octanol–water partition coefficient (Wildman–Crippen LogP) is 4.12. The molecule has 1 atom stereocenters. The van der Waals surface area contributed by atoms with E-state index < -0.39 is 0 Å². The molecule has 2 N–H and O–H groups in total. The average molecular weight is 369 g/mol. The Morgan fingerprint density at radius 2 is 1.92 bits per heavy atom. The normalized spacial score (nSPS) is 12.0. The fraction of sp³-hybridized carbons (Fsp3) is 0.200. The standard InChI is InChI=1S/C20H21ClN4O/c1-14-11-19(25(24-14)18-9-4-3-5-10-18)23-20(26)13-22-15(2)16-7-6-8-17(21)12-16/h3-12,15,22H,13H2,1-2H3,(H,23,26)/t15-/m0/s1. The monoisotopic (exact) mass is 368 g/mol. The third-order valence-electron chi connectivity index (χ3n) is 4.02. The minimum absolute atomic E-state index is 0.0141. The van der Waals surface area contributed by atoms with Gasteiger partial charge in [-0.1, -0.05) is 41.9 Å². The summed E-state index contributed by atoms with van der Waals surface area (Å²) in [5.74, 6) is 0.520. The third-order valence-corrected chi connectivity index (χ3v) is 4.25. The van der Waals surface area contributed by atoms with Gasteiger partial charge in [-0.05, 0) is 43.7 Å². The lowest BCUT2D eigenvalue weighted by atomic mass is 10.1. The van der Waals surface area contributed by atoms with E-state index in [1.165, 1.54) is 0 Å². The van der Waals surface area contributed by atoms with Crippen LogP contribution >= 0.6 is 11.6 Å². The molecule has 0 unspecified atom stereocenters. The quantitative estimate of drug-likeness (QED) is 0.688. The van der Waals surface area contributed by atoms with Crippen molar-refractivity contribution in [2.75, 3.05) is 11.9 Å². The minimum Gasteiger partial charge on any atom is -0.309 e. The molecule has 2 aromatic carbocycles. The summed E-state index contributed by atoms with van der Waals surface area (Å²) >= 11 is 6.02. The second kappa shape index (κ2) is 8.17. The number of rotatable bonds is 6. The minimum atomic E-state index is -0.129. The molecule has 26 heavy (non-hydrogen) atoms. The van der Waals surface area contributed by atoms with E-state index in [1.54, 1.807) is 4.68 Å². The van der Waals surface area contributed by atoms with E-state index in [2.05, 4.69) is 15.7 Å². The molecule has 1 heterocycles. The fourth-order valence-corrected chi connectivity index (χ4v) is 2.88. The summed E-state index contributed by atoms with van der Waals surface area (Å²) < 4.78 is 1.73. The molecule has 1 amide bonds. The molecule has 0 aliphatic carbocycles. The van der Waals surface area contributed by atoms with E-state index in [-0.39, 0.29) is 18.5 Å². The maximum absolute atomic E-state index is 12.4. The highest BCUT2D eigenvalue weighted by atomic mass is 35.5. The van der Waals surface area contributed by atoms with E-state index in [9.17, 15) is 4.79 Å². The third kappa shape index (κ3) is 4.50. The summed E-state index contributed by atoms with van der Waals surface area (Å²) in [6.45, 7) is 4.08. The summed E-state index contributed by atoms with van der Waals surface area (Å²) in [5, 5.41) is 11.3. The number of benzene rings is 2. The van der Waals surface area contributed by atoms with Gasteiger partial charge in [-0.15, -0.1) is 0 Å². The van der Waals surface area contributed by atoms with E-state index in [0.29, 0.717) is 10.8 Å². The van der Waals surface area contributed by atoms with Gasteiger partial charge in [0.05, 0.1) is 17.9 Å². The largest absolute Gasteiger partial charge is 0.309 e. The summed E-state index contributed by atoms with van der Waals surface area (Å²) in [6, 6.07) is 19.2. The molecule has 0 radical (unpaired) electrons. The number of anilines is 1.